The van der Waals surface area contributed by atoms with Gasteiger partial charge in [0.1, 0.15) is 0 Å². The topological polar surface area (TPSA) is 77.2 Å². The van der Waals surface area contributed by atoms with Crippen LogP contribution in [0.2, 0.25) is 0 Å². The molecule has 132 valence electrons. The molecule has 3 N–H and O–H groups in total. The van der Waals surface area contributed by atoms with E-state index in [1.165, 1.54) is 0 Å². The molecule has 1 fully saturated rings. The van der Waals surface area contributed by atoms with Crippen molar-refractivity contribution in [1.29, 1.82) is 0 Å². The number of ether oxygens (including phenoxy) is 1. The van der Waals surface area contributed by atoms with Gasteiger partial charge in [0.15, 0.2) is 0 Å². The first-order chi connectivity index (χ1) is 10.7. The van der Waals surface area contributed by atoms with Crippen LogP contribution in [0.1, 0.15) is 18.4 Å². The molecule has 0 radical (unpaired) electrons. The number of carbonyl (C=O) groups excluding carboxylic acids is 1. The number of benzene rings is 1. The second-order valence-electron chi connectivity index (χ2n) is 5.73. The summed E-state index contributed by atoms with van der Waals surface area (Å²) in [6, 6.07) is 9.51. The van der Waals surface area contributed by atoms with Crippen molar-refractivity contribution in [3.8, 4) is 0 Å². The van der Waals surface area contributed by atoms with Crippen molar-refractivity contribution in [2.45, 2.75) is 25.4 Å². The second-order valence-corrected chi connectivity index (χ2v) is 5.73. The molecule has 1 aliphatic rings. The SMILES string of the molecule is Cl.Cl.NC(C(=O)NCc1cnc2ccccc2c1)C1CCOCC1. The predicted octanol–water partition coefficient (Wildman–Crippen LogP) is 2.45. The number of halogens is 2. The van der Waals surface area contributed by atoms with Crippen molar-refractivity contribution in [3.05, 3.63) is 42.1 Å². The van der Waals surface area contributed by atoms with Crippen LogP contribution >= 0.6 is 24.8 Å². The third-order valence-corrected chi connectivity index (χ3v) is 4.19. The highest BCUT2D eigenvalue weighted by Crippen LogP contribution is 2.18. The molecule has 1 atom stereocenters. The van der Waals surface area contributed by atoms with Crippen molar-refractivity contribution in [3.63, 3.8) is 0 Å². The van der Waals surface area contributed by atoms with Gasteiger partial charge in [0, 0.05) is 31.3 Å². The molecule has 7 heteroatoms. The molecule has 1 unspecified atom stereocenters. The van der Waals surface area contributed by atoms with E-state index >= 15 is 0 Å². The lowest BCUT2D eigenvalue weighted by Crippen LogP contribution is -2.46. The Bertz CT molecular complexity index is 663. The highest BCUT2D eigenvalue weighted by molar-refractivity contribution is 5.85. The normalized spacial score (nSPS) is 15.9. The van der Waals surface area contributed by atoms with E-state index in [-0.39, 0.29) is 36.6 Å². The number of nitrogens with two attached hydrogens (primary N) is 1. The Morgan fingerprint density at radius 3 is 2.75 bits per heavy atom. The maximum Gasteiger partial charge on any atom is 0.237 e. The Labute approximate surface area is 154 Å². The highest BCUT2D eigenvalue weighted by atomic mass is 35.5. The second kappa shape index (κ2) is 9.79. The summed E-state index contributed by atoms with van der Waals surface area (Å²) in [6.45, 7) is 1.84. The Morgan fingerprint density at radius 2 is 2.00 bits per heavy atom. The van der Waals surface area contributed by atoms with Crippen molar-refractivity contribution >= 4 is 41.6 Å². The number of para-hydroxylation sites is 1. The van der Waals surface area contributed by atoms with Crippen molar-refractivity contribution in [2.24, 2.45) is 11.7 Å². The Kier molecular flexibility index (Phi) is 8.42. The first kappa shape index (κ1) is 20.6. The molecular weight excluding hydrogens is 349 g/mol. The molecule has 1 aromatic carbocycles. The van der Waals surface area contributed by atoms with Gasteiger partial charge < -0.3 is 15.8 Å². The van der Waals surface area contributed by atoms with Crippen LogP contribution < -0.4 is 11.1 Å². The minimum absolute atomic E-state index is 0. The van der Waals surface area contributed by atoms with Gasteiger partial charge in [-0.2, -0.15) is 0 Å². The van der Waals surface area contributed by atoms with Gasteiger partial charge in [-0.05, 0) is 36.5 Å². The van der Waals surface area contributed by atoms with Crippen molar-refractivity contribution in [1.82, 2.24) is 10.3 Å². The molecular formula is C17H23Cl2N3O2. The molecule has 0 aliphatic carbocycles. The van der Waals surface area contributed by atoms with E-state index in [1.807, 2.05) is 30.3 Å². The van der Waals surface area contributed by atoms with Crippen LogP contribution in [-0.4, -0.2) is 30.1 Å². The van der Waals surface area contributed by atoms with Gasteiger partial charge in [-0.1, -0.05) is 18.2 Å². The average molecular weight is 372 g/mol. The molecule has 1 aliphatic heterocycles. The van der Waals surface area contributed by atoms with Crippen molar-refractivity contribution < 1.29 is 9.53 Å². The molecule has 2 aromatic rings. The zero-order chi connectivity index (χ0) is 15.4. The molecule has 5 nitrogen and oxygen atoms in total. The number of nitrogens with one attached hydrogen (secondary N) is 1. The maximum atomic E-state index is 12.2. The summed E-state index contributed by atoms with van der Waals surface area (Å²) in [6.07, 6.45) is 3.50. The van der Waals surface area contributed by atoms with Gasteiger partial charge in [0.2, 0.25) is 5.91 Å². The van der Waals surface area contributed by atoms with E-state index in [4.69, 9.17) is 10.5 Å². The Hall–Kier alpha value is -1.40. The number of carbonyl (C=O) groups is 1. The minimum atomic E-state index is -0.461. The van der Waals surface area contributed by atoms with Crippen LogP contribution in [0.15, 0.2) is 36.5 Å². The highest BCUT2D eigenvalue weighted by Gasteiger charge is 2.26. The Morgan fingerprint density at radius 1 is 1.29 bits per heavy atom. The van der Waals surface area contributed by atoms with Gasteiger partial charge in [0.05, 0.1) is 11.6 Å². The monoisotopic (exact) mass is 371 g/mol. The maximum absolute atomic E-state index is 12.2. The average Bonchev–Trinajstić information content (AvgIpc) is 2.59. The first-order valence-corrected chi connectivity index (χ1v) is 7.69. The lowest BCUT2D eigenvalue weighted by atomic mass is 9.92. The van der Waals surface area contributed by atoms with Crippen LogP contribution in [0.3, 0.4) is 0 Å². The van der Waals surface area contributed by atoms with Gasteiger partial charge in [-0.3, -0.25) is 9.78 Å². The third kappa shape index (κ3) is 5.05. The van der Waals surface area contributed by atoms with Crippen LogP contribution in [0.25, 0.3) is 10.9 Å². The number of hydrogen-bond donors (Lipinski definition) is 2. The quantitative estimate of drug-likeness (QED) is 0.864. The number of rotatable bonds is 4. The summed E-state index contributed by atoms with van der Waals surface area (Å²) in [4.78, 5) is 16.6. The van der Waals surface area contributed by atoms with E-state index in [1.54, 1.807) is 6.20 Å². The minimum Gasteiger partial charge on any atom is -0.381 e. The zero-order valence-corrected chi connectivity index (χ0v) is 14.9. The van der Waals surface area contributed by atoms with Gasteiger partial charge >= 0.3 is 0 Å². The predicted molar refractivity (Wildman–Crippen MR) is 99.6 cm³/mol. The summed E-state index contributed by atoms with van der Waals surface area (Å²) in [7, 11) is 0. The molecule has 2 heterocycles. The fourth-order valence-electron chi connectivity index (χ4n) is 2.81. The van der Waals surface area contributed by atoms with Crippen molar-refractivity contribution in [2.75, 3.05) is 13.2 Å². The summed E-state index contributed by atoms with van der Waals surface area (Å²) >= 11 is 0. The molecule has 0 saturated carbocycles. The largest absolute Gasteiger partial charge is 0.381 e. The fourth-order valence-corrected chi connectivity index (χ4v) is 2.81. The van der Waals surface area contributed by atoms with E-state index in [0.29, 0.717) is 19.8 Å². The van der Waals surface area contributed by atoms with Gasteiger partial charge in [0.25, 0.3) is 0 Å². The van der Waals surface area contributed by atoms with Gasteiger partial charge in [-0.25, -0.2) is 0 Å². The van der Waals surface area contributed by atoms with E-state index in [0.717, 1.165) is 29.3 Å². The van der Waals surface area contributed by atoms with Crippen LogP contribution in [0.5, 0.6) is 0 Å². The van der Waals surface area contributed by atoms with Gasteiger partial charge in [-0.15, -0.1) is 24.8 Å². The number of pyridine rings is 1. The number of aromatic nitrogens is 1. The number of amides is 1. The third-order valence-electron chi connectivity index (χ3n) is 4.19. The van der Waals surface area contributed by atoms with Crippen LogP contribution in [-0.2, 0) is 16.1 Å². The number of nitrogens with zero attached hydrogens (tertiary/aromatic N) is 1. The lowest BCUT2D eigenvalue weighted by Gasteiger charge is -2.26. The summed E-state index contributed by atoms with van der Waals surface area (Å²) < 4.78 is 5.30. The molecule has 3 rings (SSSR count). The van der Waals surface area contributed by atoms with Crippen LogP contribution in [0, 0.1) is 5.92 Å². The number of hydrogen-bond acceptors (Lipinski definition) is 4. The molecule has 1 saturated heterocycles. The molecule has 0 bridgehead atoms. The lowest BCUT2D eigenvalue weighted by molar-refractivity contribution is -0.124. The van der Waals surface area contributed by atoms with E-state index < -0.39 is 6.04 Å². The summed E-state index contributed by atoms with van der Waals surface area (Å²) in [5.41, 5.74) is 8.00. The Balaban J connectivity index is 0.00000144. The zero-order valence-electron chi connectivity index (χ0n) is 13.3. The summed E-state index contributed by atoms with van der Waals surface area (Å²) in [5.74, 6) is 0.114. The molecule has 1 amide bonds. The summed E-state index contributed by atoms with van der Waals surface area (Å²) in [5, 5.41) is 3.99. The molecule has 1 aromatic heterocycles. The standard InChI is InChI=1S/C17H21N3O2.2ClH/c18-16(13-5-7-22-8-6-13)17(21)20-11-12-9-14-3-1-2-4-15(14)19-10-12;;/h1-4,9-10,13,16H,5-8,11,18H2,(H,20,21);2*1H. The number of fused-ring (bicyclic) bond motifs is 1. The molecule has 0 spiro atoms. The van der Waals surface area contributed by atoms with Crippen LogP contribution in [0.4, 0.5) is 0 Å². The smallest absolute Gasteiger partial charge is 0.237 e. The molecule has 24 heavy (non-hydrogen) atoms. The first-order valence-electron chi connectivity index (χ1n) is 7.69. The van der Waals surface area contributed by atoms with E-state index in [2.05, 4.69) is 10.3 Å². The fraction of sp³-hybridized carbons (Fsp3) is 0.412. The van der Waals surface area contributed by atoms with E-state index in [9.17, 15) is 4.79 Å².